The average Bonchev–Trinajstić information content (AvgIpc) is 3.08. The molecule has 1 unspecified atom stereocenters. The van der Waals surface area contributed by atoms with Crippen molar-refractivity contribution in [3.05, 3.63) is 113 Å². The molecule has 1 aromatic heterocycles. The Bertz CT molecular complexity index is 1420. The van der Waals surface area contributed by atoms with E-state index in [0.29, 0.717) is 5.92 Å². The first kappa shape index (κ1) is 19.0. The van der Waals surface area contributed by atoms with E-state index < -0.39 is 0 Å². The fourth-order valence-electron chi connectivity index (χ4n) is 5.18. The molecule has 0 bridgehead atoms. The molecule has 0 saturated heterocycles. The van der Waals surface area contributed by atoms with E-state index in [2.05, 4.69) is 110 Å². The molecule has 0 N–H and O–H groups in total. The third-order valence-electron chi connectivity index (χ3n) is 6.68. The Morgan fingerprint density at radius 2 is 1.62 bits per heavy atom. The van der Waals surface area contributed by atoms with Gasteiger partial charge in [-0.25, -0.2) is 0 Å². The predicted molar refractivity (Wildman–Crippen MR) is 136 cm³/mol. The lowest BCUT2D eigenvalue weighted by Crippen LogP contribution is -2.05. The largest absolute Gasteiger partial charge is 0.256 e. The van der Waals surface area contributed by atoms with Gasteiger partial charge in [-0.2, -0.15) is 0 Å². The average molecular weight is 412 g/mol. The van der Waals surface area contributed by atoms with E-state index >= 15 is 0 Å². The van der Waals surface area contributed by atoms with Crippen LogP contribution in [-0.2, 0) is 12.8 Å². The second kappa shape index (κ2) is 7.76. The smallest absolute Gasteiger partial charge is 0.0717 e. The van der Waals surface area contributed by atoms with Gasteiger partial charge >= 0.3 is 0 Å². The number of fused-ring (bicyclic) bond motifs is 3. The predicted octanol–water partition coefficient (Wildman–Crippen LogP) is 7.90. The fraction of sp³-hybridized carbons (Fsp3) is 0.129. The van der Waals surface area contributed by atoms with Crippen LogP contribution in [0.2, 0.25) is 0 Å². The summed E-state index contributed by atoms with van der Waals surface area (Å²) in [7, 11) is 0. The van der Waals surface area contributed by atoms with Crippen molar-refractivity contribution in [3.8, 4) is 22.4 Å². The molecule has 2 aliphatic carbocycles. The summed E-state index contributed by atoms with van der Waals surface area (Å²) in [4.78, 5) is 5.01. The zero-order valence-electron chi connectivity index (χ0n) is 18.3. The first-order chi connectivity index (χ1) is 15.8. The molecule has 2 aliphatic rings. The van der Waals surface area contributed by atoms with Crippen molar-refractivity contribution < 1.29 is 0 Å². The number of rotatable bonds is 2. The number of benzene rings is 3. The highest BCUT2D eigenvalue weighted by atomic mass is 14.7. The molecule has 32 heavy (non-hydrogen) atoms. The summed E-state index contributed by atoms with van der Waals surface area (Å²) in [5, 5.41) is 2.55. The second-order valence-electron chi connectivity index (χ2n) is 8.85. The molecular formula is C31H25N. The molecule has 0 amide bonds. The van der Waals surface area contributed by atoms with Crippen LogP contribution in [0.4, 0.5) is 0 Å². The Morgan fingerprint density at radius 3 is 2.47 bits per heavy atom. The van der Waals surface area contributed by atoms with Gasteiger partial charge in [0.15, 0.2) is 0 Å². The molecular weight excluding hydrogens is 386 g/mol. The first-order valence-corrected chi connectivity index (χ1v) is 11.4. The first-order valence-electron chi connectivity index (χ1n) is 11.4. The zero-order chi connectivity index (χ0) is 21.5. The minimum Gasteiger partial charge on any atom is -0.256 e. The van der Waals surface area contributed by atoms with Gasteiger partial charge in [-0.1, -0.05) is 98.0 Å². The maximum atomic E-state index is 5.01. The van der Waals surface area contributed by atoms with Crippen LogP contribution in [0.1, 0.15) is 29.2 Å². The van der Waals surface area contributed by atoms with Crippen molar-refractivity contribution in [2.45, 2.75) is 19.8 Å². The third-order valence-corrected chi connectivity index (χ3v) is 6.68. The SMILES string of the molecule is CC1C=Cc2cc(-c3c4c(c(-c5ccccc5)c5ccccc35)C=CC=CC4)ncc2C1. The van der Waals surface area contributed by atoms with Crippen LogP contribution in [0.25, 0.3) is 45.3 Å². The van der Waals surface area contributed by atoms with Crippen molar-refractivity contribution in [1.29, 1.82) is 0 Å². The van der Waals surface area contributed by atoms with Crippen LogP contribution in [-0.4, -0.2) is 4.98 Å². The monoisotopic (exact) mass is 411 g/mol. The van der Waals surface area contributed by atoms with Gasteiger partial charge in [0, 0.05) is 11.8 Å². The molecule has 3 aromatic carbocycles. The van der Waals surface area contributed by atoms with Crippen LogP contribution >= 0.6 is 0 Å². The number of allylic oxidation sites excluding steroid dienone is 4. The number of nitrogens with zero attached hydrogens (tertiary/aromatic N) is 1. The van der Waals surface area contributed by atoms with E-state index in [9.17, 15) is 0 Å². The third kappa shape index (κ3) is 3.13. The summed E-state index contributed by atoms with van der Waals surface area (Å²) in [5.74, 6) is 0.577. The van der Waals surface area contributed by atoms with E-state index in [0.717, 1.165) is 18.5 Å². The Labute approximate surface area is 189 Å². The zero-order valence-corrected chi connectivity index (χ0v) is 18.3. The van der Waals surface area contributed by atoms with Crippen molar-refractivity contribution in [2.75, 3.05) is 0 Å². The summed E-state index contributed by atoms with van der Waals surface area (Å²) >= 11 is 0. The Hall–Kier alpha value is -3.71. The molecule has 0 saturated carbocycles. The van der Waals surface area contributed by atoms with Crippen LogP contribution in [0, 0.1) is 5.92 Å². The molecule has 154 valence electrons. The van der Waals surface area contributed by atoms with Crippen molar-refractivity contribution in [2.24, 2.45) is 5.92 Å². The molecule has 4 aromatic rings. The highest BCUT2D eigenvalue weighted by Crippen LogP contribution is 2.43. The molecule has 1 heterocycles. The van der Waals surface area contributed by atoms with Crippen LogP contribution < -0.4 is 0 Å². The minimum atomic E-state index is 0.577. The van der Waals surface area contributed by atoms with E-state index in [1.165, 1.54) is 49.7 Å². The van der Waals surface area contributed by atoms with Gasteiger partial charge in [-0.15, -0.1) is 0 Å². The number of pyridine rings is 1. The second-order valence-corrected chi connectivity index (χ2v) is 8.85. The van der Waals surface area contributed by atoms with E-state index in [4.69, 9.17) is 4.98 Å². The van der Waals surface area contributed by atoms with Crippen molar-refractivity contribution >= 4 is 22.9 Å². The van der Waals surface area contributed by atoms with Crippen molar-refractivity contribution in [3.63, 3.8) is 0 Å². The molecule has 0 aliphatic heterocycles. The topological polar surface area (TPSA) is 12.9 Å². The lowest BCUT2D eigenvalue weighted by molar-refractivity contribution is 0.714. The molecule has 0 fully saturated rings. The molecule has 0 spiro atoms. The number of hydrogen-bond donors (Lipinski definition) is 0. The highest BCUT2D eigenvalue weighted by Gasteiger charge is 2.21. The molecule has 1 heteroatoms. The summed E-state index contributed by atoms with van der Waals surface area (Å²) in [6, 6.07) is 21.9. The van der Waals surface area contributed by atoms with E-state index in [-0.39, 0.29) is 0 Å². The summed E-state index contributed by atoms with van der Waals surface area (Å²) < 4.78 is 0. The van der Waals surface area contributed by atoms with Crippen LogP contribution in [0.3, 0.4) is 0 Å². The lowest BCUT2D eigenvalue weighted by Gasteiger charge is -2.22. The molecule has 1 atom stereocenters. The van der Waals surface area contributed by atoms with Gasteiger partial charge in [0.25, 0.3) is 0 Å². The van der Waals surface area contributed by atoms with E-state index in [1.54, 1.807) is 0 Å². The van der Waals surface area contributed by atoms with Gasteiger partial charge in [0.1, 0.15) is 0 Å². The van der Waals surface area contributed by atoms with Crippen LogP contribution in [0.15, 0.2) is 91.2 Å². The summed E-state index contributed by atoms with van der Waals surface area (Å²) in [5.41, 5.74) is 10.2. The van der Waals surface area contributed by atoms with Gasteiger partial charge in [0.05, 0.1) is 5.69 Å². The molecule has 1 nitrogen and oxygen atoms in total. The van der Waals surface area contributed by atoms with Gasteiger partial charge in [0.2, 0.25) is 0 Å². The van der Waals surface area contributed by atoms with Crippen molar-refractivity contribution in [1.82, 2.24) is 4.98 Å². The van der Waals surface area contributed by atoms with Gasteiger partial charge in [-0.05, 0) is 69.0 Å². The quantitative estimate of drug-likeness (QED) is 0.327. The van der Waals surface area contributed by atoms with Gasteiger partial charge in [-0.3, -0.25) is 4.98 Å². The fourth-order valence-corrected chi connectivity index (χ4v) is 5.18. The highest BCUT2D eigenvalue weighted by molar-refractivity contribution is 6.09. The maximum Gasteiger partial charge on any atom is 0.0717 e. The minimum absolute atomic E-state index is 0.577. The Morgan fingerprint density at radius 1 is 0.844 bits per heavy atom. The Kier molecular flexibility index (Phi) is 4.61. The summed E-state index contributed by atoms with van der Waals surface area (Å²) in [6.45, 7) is 2.27. The number of aromatic nitrogens is 1. The van der Waals surface area contributed by atoms with Crippen LogP contribution in [0.5, 0.6) is 0 Å². The Balaban J connectivity index is 1.70. The lowest BCUT2D eigenvalue weighted by atomic mass is 9.83. The standard InChI is InChI=1S/C31H25N/c1-21-16-17-23-19-29(32-20-24(23)18-21)31-27-13-7-3-6-12-25(27)30(22-10-4-2-5-11-22)26-14-8-9-15-28(26)31/h2-12,14-17,19-21H,13,18H2,1H3. The molecule has 6 rings (SSSR count). The van der Waals surface area contributed by atoms with E-state index in [1.807, 2.05) is 0 Å². The number of hydrogen-bond acceptors (Lipinski definition) is 1. The maximum absolute atomic E-state index is 5.01. The summed E-state index contributed by atoms with van der Waals surface area (Å²) in [6.07, 6.45) is 17.5. The molecule has 0 radical (unpaired) electrons. The van der Waals surface area contributed by atoms with Gasteiger partial charge < -0.3 is 0 Å². The normalized spacial score (nSPS) is 16.6.